The largest absolute Gasteiger partial charge is 0.396 e. The van der Waals surface area contributed by atoms with Crippen LogP contribution in [0.15, 0.2) is 46.9 Å². The van der Waals surface area contributed by atoms with E-state index >= 15 is 0 Å². The van der Waals surface area contributed by atoms with E-state index < -0.39 is 10.8 Å². The number of aryl methyl sites for hydroxylation is 1. The molecule has 144 valence electrons. The Labute approximate surface area is 170 Å². The molecule has 5 nitrogen and oxygen atoms in total. The second kappa shape index (κ2) is 8.32. The van der Waals surface area contributed by atoms with Gasteiger partial charge in [-0.15, -0.1) is 11.3 Å². The number of nitrogens with zero attached hydrogens (tertiary/aromatic N) is 3. The molecule has 0 aliphatic carbocycles. The molecule has 0 atom stereocenters. The van der Waals surface area contributed by atoms with Crippen molar-refractivity contribution in [1.29, 1.82) is 0 Å². The molecule has 0 bridgehead atoms. The number of benzene rings is 1. The third-order valence-corrected chi connectivity index (χ3v) is 7.04. The number of allylic oxidation sites excluding steroid dienone is 1. The fourth-order valence-corrected chi connectivity index (χ4v) is 5.25. The Kier molecular flexibility index (Phi) is 5.64. The van der Waals surface area contributed by atoms with Gasteiger partial charge in [0.1, 0.15) is 0 Å². The fraction of sp³-hybridized carbons (Fsp3) is 0.286. The number of aliphatic imine (C=N–C) groups is 1. The smallest absolute Gasteiger partial charge is 0.0869 e. The molecule has 2 N–H and O–H groups in total. The van der Waals surface area contributed by atoms with Gasteiger partial charge >= 0.3 is 0 Å². The van der Waals surface area contributed by atoms with Crippen LogP contribution in [0.3, 0.4) is 0 Å². The summed E-state index contributed by atoms with van der Waals surface area (Å²) in [6, 6.07) is 12.2. The highest BCUT2D eigenvalue weighted by atomic mass is 32.2. The van der Waals surface area contributed by atoms with Gasteiger partial charge in [0, 0.05) is 39.8 Å². The quantitative estimate of drug-likeness (QED) is 0.663. The normalized spacial score (nSPS) is 21.2. The number of aromatic nitrogens is 2. The number of hydrogen-bond acceptors (Lipinski definition) is 6. The van der Waals surface area contributed by atoms with E-state index in [0.29, 0.717) is 5.70 Å². The van der Waals surface area contributed by atoms with Gasteiger partial charge in [-0.3, -0.25) is 14.2 Å². The van der Waals surface area contributed by atoms with E-state index in [0.717, 1.165) is 57.1 Å². The zero-order valence-electron chi connectivity index (χ0n) is 15.7. The molecule has 1 saturated heterocycles. The van der Waals surface area contributed by atoms with Crippen molar-refractivity contribution in [1.82, 2.24) is 9.97 Å². The van der Waals surface area contributed by atoms with Crippen LogP contribution in [0, 0.1) is 6.92 Å². The number of rotatable bonds is 4. The molecule has 28 heavy (non-hydrogen) atoms. The minimum absolute atomic E-state index is 0.193. The molecule has 4 rings (SSSR count). The summed E-state index contributed by atoms with van der Waals surface area (Å²) in [6.07, 6.45) is 3.58. The Morgan fingerprint density at radius 2 is 2.11 bits per heavy atom. The number of thiazole rings is 1. The third-order valence-electron chi connectivity index (χ3n) is 4.87. The van der Waals surface area contributed by atoms with Crippen LogP contribution in [0.1, 0.15) is 29.8 Å². The molecule has 1 fully saturated rings. The molecule has 3 heterocycles. The molecule has 0 spiro atoms. The van der Waals surface area contributed by atoms with Gasteiger partial charge in [-0.1, -0.05) is 12.1 Å². The fourth-order valence-electron chi connectivity index (χ4n) is 3.26. The van der Waals surface area contributed by atoms with Crippen LogP contribution in [0.4, 0.5) is 0 Å². The molecular formula is C21H22N4OS2. The van der Waals surface area contributed by atoms with Crippen LogP contribution >= 0.6 is 11.3 Å². The van der Waals surface area contributed by atoms with Gasteiger partial charge < -0.3 is 5.73 Å². The average Bonchev–Trinajstić information content (AvgIpc) is 3.17. The minimum Gasteiger partial charge on any atom is -0.396 e. The third kappa shape index (κ3) is 4.20. The molecule has 1 aliphatic heterocycles. The maximum atomic E-state index is 11.6. The molecule has 0 saturated carbocycles. The molecule has 0 unspecified atom stereocenters. The molecule has 0 radical (unpaired) electrons. The van der Waals surface area contributed by atoms with Crippen molar-refractivity contribution in [3.8, 4) is 0 Å². The van der Waals surface area contributed by atoms with Gasteiger partial charge in [-0.05, 0) is 49.6 Å². The van der Waals surface area contributed by atoms with Crippen LogP contribution in [0.5, 0.6) is 0 Å². The van der Waals surface area contributed by atoms with Crippen molar-refractivity contribution in [3.63, 3.8) is 0 Å². The van der Waals surface area contributed by atoms with Crippen molar-refractivity contribution in [2.45, 2.75) is 25.8 Å². The summed E-state index contributed by atoms with van der Waals surface area (Å²) >= 11 is 1.61. The zero-order valence-corrected chi connectivity index (χ0v) is 17.3. The maximum absolute atomic E-state index is 11.6. The van der Waals surface area contributed by atoms with Crippen molar-refractivity contribution in [2.75, 3.05) is 11.5 Å². The first-order chi connectivity index (χ1) is 13.6. The van der Waals surface area contributed by atoms with Crippen molar-refractivity contribution in [3.05, 3.63) is 58.9 Å². The number of nitrogens with two attached hydrogens (primary N) is 1. The SMILES string of the molecule is Cc1cccc(C(N)=C(C=NC2CCS(=O)CC2)c2ccc3ncsc3c2)n1. The second-order valence-corrected chi connectivity index (χ2v) is 9.47. The van der Waals surface area contributed by atoms with E-state index in [1.54, 1.807) is 11.3 Å². The van der Waals surface area contributed by atoms with Crippen LogP contribution in [0.2, 0.25) is 0 Å². The maximum Gasteiger partial charge on any atom is 0.0869 e. The predicted octanol–water partition coefficient (Wildman–Crippen LogP) is 3.81. The van der Waals surface area contributed by atoms with Gasteiger partial charge in [0.15, 0.2) is 0 Å². The first-order valence-electron chi connectivity index (χ1n) is 9.26. The van der Waals surface area contributed by atoms with E-state index in [-0.39, 0.29) is 6.04 Å². The molecule has 0 amide bonds. The Hall–Kier alpha value is -2.38. The lowest BCUT2D eigenvalue weighted by atomic mass is 10.0. The van der Waals surface area contributed by atoms with Crippen molar-refractivity contribution < 1.29 is 4.21 Å². The van der Waals surface area contributed by atoms with Crippen LogP contribution in [-0.2, 0) is 10.8 Å². The van der Waals surface area contributed by atoms with Gasteiger partial charge in [0.05, 0.1) is 33.2 Å². The highest BCUT2D eigenvalue weighted by molar-refractivity contribution is 7.85. The van der Waals surface area contributed by atoms with E-state index in [1.165, 1.54) is 0 Å². The number of hydrogen-bond donors (Lipinski definition) is 1. The lowest BCUT2D eigenvalue weighted by Gasteiger charge is -2.17. The summed E-state index contributed by atoms with van der Waals surface area (Å²) in [5, 5.41) is 0. The van der Waals surface area contributed by atoms with Gasteiger partial charge in [0.25, 0.3) is 0 Å². The highest BCUT2D eigenvalue weighted by Gasteiger charge is 2.17. The molecule has 3 aromatic rings. The number of fused-ring (bicyclic) bond motifs is 1. The lowest BCUT2D eigenvalue weighted by Crippen LogP contribution is -2.21. The van der Waals surface area contributed by atoms with Gasteiger partial charge in [0.2, 0.25) is 0 Å². The molecule has 1 aromatic carbocycles. The average molecular weight is 411 g/mol. The predicted molar refractivity (Wildman–Crippen MR) is 119 cm³/mol. The topological polar surface area (TPSA) is 81.2 Å². The summed E-state index contributed by atoms with van der Waals surface area (Å²) < 4.78 is 12.7. The zero-order chi connectivity index (χ0) is 19.5. The Bertz CT molecular complexity index is 1080. The summed E-state index contributed by atoms with van der Waals surface area (Å²) in [4.78, 5) is 13.7. The molecule has 2 aromatic heterocycles. The van der Waals surface area contributed by atoms with E-state index in [9.17, 15) is 4.21 Å². The molecule has 1 aliphatic rings. The monoisotopic (exact) mass is 410 g/mol. The van der Waals surface area contributed by atoms with E-state index in [1.807, 2.05) is 49.0 Å². The van der Waals surface area contributed by atoms with Gasteiger partial charge in [-0.25, -0.2) is 4.98 Å². The Balaban J connectivity index is 1.75. The van der Waals surface area contributed by atoms with E-state index in [2.05, 4.69) is 16.0 Å². The van der Waals surface area contributed by atoms with Crippen LogP contribution in [0.25, 0.3) is 21.5 Å². The summed E-state index contributed by atoms with van der Waals surface area (Å²) in [7, 11) is -0.690. The minimum atomic E-state index is -0.690. The Morgan fingerprint density at radius 1 is 1.29 bits per heavy atom. The van der Waals surface area contributed by atoms with Crippen LogP contribution in [-0.4, -0.2) is 37.9 Å². The van der Waals surface area contributed by atoms with Gasteiger partial charge in [-0.2, -0.15) is 0 Å². The highest BCUT2D eigenvalue weighted by Crippen LogP contribution is 2.26. The number of pyridine rings is 1. The first kappa shape index (κ1) is 19.0. The summed E-state index contributed by atoms with van der Waals surface area (Å²) in [5.74, 6) is 1.45. The van der Waals surface area contributed by atoms with Crippen LogP contribution < -0.4 is 5.73 Å². The summed E-state index contributed by atoms with van der Waals surface area (Å²) in [6.45, 7) is 1.95. The second-order valence-electron chi connectivity index (χ2n) is 6.88. The lowest BCUT2D eigenvalue weighted by molar-refractivity contribution is 0.601. The van der Waals surface area contributed by atoms with E-state index in [4.69, 9.17) is 10.7 Å². The standard InChI is InChI=1S/C21H22N4OS2/c1-14-3-2-4-19(25-14)21(22)17(12-23-16-7-9-28(26)10-8-16)15-5-6-18-20(11-15)27-13-24-18/h2-6,11-13,16H,7-10,22H2,1H3. The summed E-state index contributed by atoms with van der Waals surface area (Å²) in [5.41, 5.74) is 13.5. The molecule has 7 heteroatoms. The first-order valence-corrected chi connectivity index (χ1v) is 11.6. The Morgan fingerprint density at radius 3 is 2.89 bits per heavy atom. The van der Waals surface area contributed by atoms with Crippen molar-refractivity contribution in [2.24, 2.45) is 10.7 Å². The molecular weight excluding hydrogens is 388 g/mol. The van der Waals surface area contributed by atoms with Crippen molar-refractivity contribution >= 4 is 49.8 Å².